The highest BCUT2D eigenvalue weighted by molar-refractivity contribution is 5.36. The van der Waals surface area contributed by atoms with Crippen LogP contribution >= 0.6 is 0 Å². The molecule has 0 heterocycles. The van der Waals surface area contributed by atoms with Crippen LogP contribution < -0.4 is 0 Å². The van der Waals surface area contributed by atoms with E-state index in [1.165, 1.54) is 36.8 Å². The SMILES string of the molecule is Cc1ccc(C#CCCCCCCC#Cc2ccc(C)cc2)cc1. The molecule has 2 aromatic rings. The van der Waals surface area contributed by atoms with Gasteiger partial charge in [-0.15, -0.1) is 0 Å². The Morgan fingerprint density at radius 3 is 1.29 bits per heavy atom. The smallest absolute Gasteiger partial charge is 0.0245 e. The third-order valence-corrected chi connectivity index (χ3v) is 3.92. The van der Waals surface area contributed by atoms with Crippen molar-refractivity contribution in [2.45, 2.75) is 52.4 Å². The third kappa shape index (κ3) is 7.21. The summed E-state index contributed by atoms with van der Waals surface area (Å²) in [4.78, 5) is 0. The maximum atomic E-state index is 3.27. The van der Waals surface area contributed by atoms with Crippen LogP contribution in [0.25, 0.3) is 0 Å². The summed E-state index contributed by atoms with van der Waals surface area (Å²) in [5.41, 5.74) is 4.80. The van der Waals surface area contributed by atoms with Gasteiger partial charge in [-0.2, -0.15) is 0 Å². The molecule has 0 bridgehead atoms. The molecule has 2 aromatic carbocycles. The van der Waals surface area contributed by atoms with E-state index in [0.29, 0.717) is 0 Å². The summed E-state index contributed by atoms with van der Waals surface area (Å²) in [5, 5.41) is 0. The van der Waals surface area contributed by atoms with Gasteiger partial charge < -0.3 is 0 Å². The molecule has 0 saturated heterocycles. The van der Waals surface area contributed by atoms with Gasteiger partial charge in [0, 0.05) is 24.0 Å². The molecular formula is C24H26. The molecular weight excluding hydrogens is 288 g/mol. The molecule has 0 aliphatic heterocycles. The van der Waals surface area contributed by atoms with Crippen molar-refractivity contribution in [1.29, 1.82) is 0 Å². The lowest BCUT2D eigenvalue weighted by Gasteiger charge is -1.95. The van der Waals surface area contributed by atoms with Crippen LogP contribution in [-0.2, 0) is 0 Å². The average molecular weight is 314 g/mol. The Morgan fingerprint density at radius 1 is 0.542 bits per heavy atom. The second kappa shape index (κ2) is 10.4. The molecule has 122 valence electrons. The van der Waals surface area contributed by atoms with Crippen molar-refractivity contribution in [3.05, 3.63) is 70.8 Å². The topological polar surface area (TPSA) is 0 Å². The van der Waals surface area contributed by atoms with Crippen molar-refractivity contribution in [3.8, 4) is 23.7 Å². The second-order valence-electron chi connectivity index (χ2n) is 6.25. The molecule has 0 spiro atoms. The van der Waals surface area contributed by atoms with Crippen LogP contribution in [0.5, 0.6) is 0 Å². The Bertz CT molecular complexity index is 658. The highest BCUT2D eigenvalue weighted by Crippen LogP contribution is 2.06. The first-order valence-corrected chi connectivity index (χ1v) is 8.85. The summed E-state index contributed by atoms with van der Waals surface area (Å²) in [6, 6.07) is 16.8. The molecule has 0 aliphatic carbocycles. The Hall–Kier alpha value is -2.44. The second-order valence-corrected chi connectivity index (χ2v) is 6.25. The van der Waals surface area contributed by atoms with E-state index in [-0.39, 0.29) is 0 Å². The van der Waals surface area contributed by atoms with Gasteiger partial charge in [-0.3, -0.25) is 0 Å². The minimum atomic E-state index is 0.989. The Balaban J connectivity index is 1.54. The zero-order chi connectivity index (χ0) is 17.0. The van der Waals surface area contributed by atoms with Crippen molar-refractivity contribution >= 4 is 0 Å². The normalized spacial score (nSPS) is 9.58. The van der Waals surface area contributed by atoms with Crippen molar-refractivity contribution in [1.82, 2.24) is 0 Å². The van der Waals surface area contributed by atoms with E-state index < -0.39 is 0 Å². The third-order valence-electron chi connectivity index (χ3n) is 3.92. The minimum absolute atomic E-state index is 0.989. The number of aryl methyl sites for hydroxylation is 2. The number of hydrogen-bond acceptors (Lipinski definition) is 0. The zero-order valence-corrected chi connectivity index (χ0v) is 14.9. The molecule has 0 amide bonds. The van der Waals surface area contributed by atoms with E-state index in [4.69, 9.17) is 0 Å². The minimum Gasteiger partial charge on any atom is -0.0979 e. The fourth-order valence-corrected chi connectivity index (χ4v) is 2.38. The Kier molecular flexibility index (Phi) is 7.73. The number of hydrogen-bond donors (Lipinski definition) is 0. The lowest BCUT2D eigenvalue weighted by molar-refractivity contribution is 0.661. The molecule has 0 saturated carbocycles. The summed E-state index contributed by atoms with van der Waals surface area (Å²) in [5.74, 6) is 13.0. The molecule has 24 heavy (non-hydrogen) atoms. The van der Waals surface area contributed by atoms with E-state index >= 15 is 0 Å². The maximum absolute atomic E-state index is 3.27. The van der Waals surface area contributed by atoms with E-state index in [1.807, 2.05) is 0 Å². The summed E-state index contributed by atoms with van der Waals surface area (Å²) in [6.07, 6.45) is 6.84. The van der Waals surface area contributed by atoms with Crippen LogP contribution in [0.3, 0.4) is 0 Å². The lowest BCUT2D eigenvalue weighted by atomic mass is 10.1. The van der Waals surface area contributed by atoms with Gasteiger partial charge in [0.15, 0.2) is 0 Å². The Morgan fingerprint density at radius 2 is 0.917 bits per heavy atom. The van der Waals surface area contributed by atoms with E-state index in [0.717, 1.165) is 24.0 Å². The number of unbranched alkanes of at least 4 members (excludes halogenated alkanes) is 5. The predicted octanol–water partition coefficient (Wildman–Crippen LogP) is 6.05. The summed E-state index contributed by atoms with van der Waals surface area (Å²) >= 11 is 0. The van der Waals surface area contributed by atoms with Gasteiger partial charge in [0.25, 0.3) is 0 Å². The molecule has 0 heteroatoms. The quantitative estimate of drug-likeness (QED) is 0.465. The molecule has 0 aromatic heterocycles. The molecule has 0 atom stereocenters. The van der Waals surface area contributed by atoms with Crippen LogP contribution in [-0.4, -0.2) is 0 Å². The average Bonchev–Trinajstić information content (AvgIpc) is 2.60. The van der Waals surface area contributed by atoms with Crippen LogP contribution in [0, 0.1) is 37.5 Å². The molecule has 0 fully saturated rings. The first kappa shape index (κ1) is 17.9. The summed E-state index contributed by atoms with van der Waals surface area (Å²) < 4.78 is 0. The van der Waals surface area contributed by atoms with Crippen LogP contribution in [0.15, 0.2) is 48.5 Å². The van der Waals surface area contributed by atoms with E-state index in [2.05, 4.69) is 86.1 Å². The first-order chi connectivity index (χ1) is 11.7. The highest BCUT2D eigenvalue weighted by atomic mass is 13.9. The summed E-state index contributed by atoms with van der Waals surface area (Å²) in [6.45, 7) is 4.20. The van der Waals surface area contributed by atoms with Crippen LogP contribution in [0.1, 0.15) is 60.8 Å². The van der Waals surface area contributed by atoms with Gasteiger partial charge >= 0.3 is 0 Å². The van der Waals surface area contributed by atoms with Gasteiger partial charge in [0.1, 0.15) is 0 Å². The van der Waals surface area contributed by atoms with Crippen molar-refractivity contribution < 1.29 is 0 Å². The molecule has 0 radical (unpaired) electrons. The monoisotopic (exact) mass is 314 g/mol. The fraction of sp³-hybridized carbons (Fsp3) is 0.333. The standard InChI is InChI=1S/C24H26/c1-21-13-17-23(18-14-21)11-9-7-5-3-4-6-8-10-12-24-19-15-22(2)16-20-24/h13-20H,3-8H2,1-2H3. The van der Waals surface area contributed by atoms with Crippen LogP contribution in [0.2, 0.25) is 0 Å². The molecule has 2 rings (SSSR count). The zero-order valence-electron chi connectivity index (χ0n) is 14.9. The fourth-order valence-electron chi connectivity index (χ4n) is 2.38. The van der Waals surface area contributed by atoms with Crippen molar-refractivity contribution in [2.24, 2.45) is 0 Å². The molecule has 0 N–H and O–H groups in total. The van der Waals surface area contributed by atoms with Gasteiger partial charge in [-0.25, -0.2) is 0 Å². The van der Waals surface area contributed by atoms with Crippen molar-refractivity contribution in [3.63, 3.8) is 0 Å². The Labute approximate surface area is 147 Å². The number of benzene rings is 2. The van der Waals surface area contributed by atoms with Gasteiger partial charge in [-0.1, -0.05) is 71.9 Å². The first-order valence-electron chi connectivity index (χ1n) is 8.85. The van der Waals surface area contributed by atoms with E-state index in [9.17, 15) is 0 Å². The van der Waals surface area contributed by atoms with Gasteiger partial charge in [0.2, 0.25) is 0 Å². The molecule has 0 nitrogen and oxygen atoms in total. The summed E-state index contributed by atoms with van der Waals surface area (Å²) in [7, 11) is 0. The lowest BCUT2D eigenvalue weighted by Crippen LogP contribution is -1.79. The maximum Gasteiger partial charge on any atom is 0.0245 e. The molecule has 0 aliphatic rings. The number of rotatable bonds is 5. The van der Waals surface area contributed by atoms with Crippen LogP contribution in [0.4, 0.5) is 0 Å². The van der Waals surface area contributed by atoms with E-state index in [1.54, 1.807) is 0 Å². The van der Waals surface area contributed by atoms with Crippen molar-refractivity contribution in [2.75, 3.05) is 0 Å². The van der Waals surface area contributed by atoms with Gasteiger partial charge in [-0.05, 0) is 51.0 Å². The highest BCUT2D eigenvalue weighted by Gasteiger charge is 1.89. The van der Waals surface area contributed by atoms with Gasteiger partial charge in [0.05, 0.1) is 0 Å². The molecule has 0 unspecified atom stereocenters. The largest absolute Gasteiger partial charge is 0.0979 e. The predicted molar refractivity (Wildman–Crippen MR) is 104 cm³/mol.